The largest absolute Gasteiger partial charge is 0.497 e. The Balaban J connectivity index is 2.18. The molecule has 1 fully saturated rings. The van der Waals surface area contributed by atoms with Gasteiger partial charge in [-0.05, 0) is 17.7 Å². The molecule has 1 radical (unpaired) electrons. The predicted molar refractivity (Wildman–Crippen MR) is 49.1 cm³/mol. The molecule has 1 aromatic carbocycles. The van der Waals surface area contributed by atoms with Crippen LogP contribution in [0.1, 0.15) is 11.8 Å². The van der Waals surface area contributed by atoms with Gasteiger partial charge >= 0.3 is 0 Å². The molecule has 1 aromatic rings. The van der Waals surface area contributed by atoms with Crippen LogP contribution in [0.3, 0.4) is 0 Å². The van der Waals surface area contributed by atoms with Gasteiger partial charge in [-0.2, -0.15) is 0 Å². The second kappa shape index (κ2) is 3.77. The second-order valence-corrected chi connectivity index (χ2v) is 2.86. The van der Waals surface area contributed by atoms with E-state index >= 15 is 0 Å². The van der Waals surface area contributed by atoms with Crippen LogP contribution < -0.4 is 10.1 Å². The predicted octanol–water partition coefficient (Wildman–Crippen LogP) is 1.48. The molecular weight excluding hydrogens is 166 g/mol. The lowest BCUT2D eigenvalue weighted by Crippen LogP contribution is -2.10. The summed E-state index contributed by atoms with van der Waals surface area (Å²) < 4.78 is 10.5. The molecule has 1 saturated heterocycles. The quantitative estimate of drug-likeness (QED) is 0.744. The average molecular weight is 178 g/mol. The molecule has 3 heteroatoms. The highest BCUT2D eigenvalue weighted by Gasteiger charge is 2.16. The van der Waals surface area contributed by atoms with Crippen molar-refractivity contribution < 1.29 is 9.47 Å². The van der Waals surface area contributed by atoms with Gasteiger partial charge in [-0.1, -0.05) is 12.1 Å². The van der Waals surface area contributed by atoms with Gasteiger partial charge in [0.05, 0.1) is 20.3 Å². The normalized spacial score (nSPS) is 21.8. The van der Waals surface area contributed by atoms with Gasteiger partial charge in [0, 0.05) is 0 Å². The number of rotatable bonds is 2. The van der Waals surface area contributed by atoms with E-state index in [0.717, 1.165) is 11.3 Å². The minimum Gasteiger partial charge on any atom is -0.497 e. The summed E-state index contributed by atoms with van der Waals surface area (Å²) in [4.78, 5) is 0. The lowest BCUT2D eigenvalue weighted by molar-refractivity contribution is 0.102. The number of benzene rings is 1. The molecule has 0 amide bonds. The highest BCUT2D eigenvalue weighted by molar-refractivity contribution is 5.30. The Labute approximate surface area is 77.7 Å². The van der Waals surface area contributed by atoms with E-state index in [2.05, 4.69) is 5.32 Å². The monoisotopic (exact) mass is 178 g/mol. The third-order valence-electron chi connectivity index (χ3n) is 2.01. The Bertz CT molecular complexity index is 282. The van der Waals surface area contributed by atoms with Crippen LogP contribution in [0.15, 0.2) is 24.3 Å². The van der Waals surface area contributed by atoms with Crippen LogP contribution in [-0.2, 0) is 4.74 Å². The highest BCUT2D eigenvalue weighted by atomic mass is 16.5. The molecule has 13 heavy (non-hydrogen) atoms. The summed E-state index contributed by atoms with van der Waals surface area (Å²) in [6.45, 7) is 2.56. The third kappa shape index (κ3) is 1.82. The van der Waals surface area contributed by atoms with E-state index < -0.39 is 0 Å². The van der Waals surface area contributed by atoms with E-state index in [-0.39, 0.29) is 6.23 Å². The molecule has 1 aliphatic rings. The van der Waals surface area contributed by atoms with Crippen molar-refractivity contribution in [1.29, 1.82) is 0 Å². The standard InChI is InChI=1S/C10H12NO2/c1-12-9-4-2-3-8(7-9)10-11-5-6-13-10/h2-5,7,10-11H,6H2,1H3. The summed E-state index contributed by atoms with van der Waals surface area (Å²) in [5.74, 6) is 0.856. The van der Waals surface area contributed by atoms with Crippen molar-refractivity contribution in [1.82, 2.24) is 5.32 Å². The molecule has 1 atom stereocenters. The van der Waals surface area contributed by atoms with Crippen molar-refractivity contribution in [2.45, 2.75) is 6.23 Å². The average Bonchev–Trinajstić information content (AvgIpc) is 2.71. The van der Waals surface area contributed by atoms with Gasteiger partial charge in [0.15, 0.2) is 0 Å². The molecule has 1 heterocycles. The van der Waals surface area contributed by atoms with Crippen molar-refractivity contribution in [3.8, 4) is 5.75 Å². The molecule has 1 unspecified atom stereocenters. The van der Waals surface area contributed by atoms with E-state index in [4.69, 9.17) is 9.47 Å². The van der Waals surface area contributed by atoms with Gasteiger partial charge in [0.25, 0.3) is 0 Å². The molecule has 3 nitrogen and oxygen atoms in total. The summed E-state index contributed by atoms with van der Waals surface area (Å²) >= 11 is 0. The van der Waals surface area contributed by atoms with Crippen molar-refractivity contribution in [3.05, 3.63) is 36.4 Å². The molecule has 1 aliphatic heterocycles. The summed E-state index contributed by atoms with van der Waals surface area (Å²) in [7, 11) is 1.66. The summed E-state index contributed by atoms with van der Waals surface area (Å²) in [6.07, 6.45) is -0.0184. The number of nitrogens with one attached hydrogen (secondary N) is 1. The molecule has 2 rings (SSSR count). The van der Waals surface area contributed by atoms with Gasteiger partial charge in [0.2, 0.25) is 0 Å². The number of hydrogen-bond acceptors (Lipinski definition) is 3. The van der Waals surface area contributed by atoms with Crippen molar-refractivity contribution in [2.24, 2.45) is 0 Å². The SMILES string of the molecule is COc1cccc(C2N[CH]CO2)c1. The smallest absolute Gasteiger partial charge is 0.134 e. The van der Waals surface area contributed by atoms with Gasteiger partial charge in [0.1, 0.15) is 12.0 Å². The zero-order valence-electron chi connectivity index (χ0n) is 7.49. The van der Waals surface area contributed by atoms with Crippen LogP contribution in [0.4, 0.5) is 0 Å². The maximum Gasteiger partial charge on any atom is 0.134 e. The molecule has 0 spiro atoms. The first-order valence-corrected chi connectivity index (χ1v) is 4.23. The fourth-order valence-electron chi connectivity index (χ4n) is 1.34. The van der Waals surface area contributed by atoms with Gasteiger partial charge < -0.3 is 9.47 Å². The lowest BCUT2D eigenvalue weighted by Gasteiger charge is -2.10. The van der Waals surface area contributed by atoms with Crippen molar-refractivity contribution in [2.75, 3.05) is 13.7 Å². The zero-order chi connectivity index (χ0) is 9.10. The fraction of sp³-hybridized carbons (Fsp3) is 0.300. The van der Waals surface area contributed by atoms with E-state index in [1.54, 1.807) is 7.11 Å². The van der Waals surface area contributed by atoms with Gasteiger partial charge in [-0.25, -0.2) is 0 Å². The van der Waals surface area contributed by atoms with Crippen LogP contribution in [0.2, 0.25) is 0 Å². The first-order valence-electron chi connectivity index (χ1n) is 4.23. The second-order valence-electron chi connectivity index (χ2n) is 2.86. The molecule has 1 N–H and O–H groups in total. The molecule has 69 valence electrons. The summed E-state index contributed by atoms with van der Waals surface area (Å²) in [5.41, 5.74) is 1.09. The van der Waals surface area contributed by atoms with Crippen LogP contribution in [-0.4, -0.2) is 13.7 Å². The molecule has 0 bridgehead atoms. The number of methoxy groups -OCH3 is 1. The first kappa shape index (κ1) is 8.53. The number of hydrogen-bond donors (Lipinski definition) is 1. The van der Waals surface area contributed by atoms with E-state index in [1.165, 1.54) is 0 Å². The Morgan fingerprint density at radius 2 is 2.46 bits per heavy atom. The van der Waals surface area contributed by atoms with Gasteiger partial charge in [-0.3, -0.25) is 5.32 Å². The van der Waals surface area contributed by atoms with E-state index in [1.807, 2.05) is 30.8 Å². The van der Waals surface area contributed by atoms with Crippen LogP contribution >= 0.6 is 0 Å². The minimum atomic E-state index is -0.0184. The summed E-state index contributed by atoms with van der Waals surface area (Å²) in [6, 6.07) is 7.86. The Morgan fingerprint density at radius 1 is 1.54 bits per heavy atom. The Morgan fingerprint density at radius 3 is 3.15 bits per heavy atom. The molecule has 0 saturated carbocycles. The van der Waals surface area contributed by atoms with Crippen molar-refractivity contribution in [3.63, 3.8) is 0 Å². The molecule has 0 aliphatic carbocycles. The topological polar surface area (TPSA) is 30.5 Å². The van der Waals surface area contributed by atoms with Crippen LogP contribution in [0, 0.1) is 6.54 Å². The Kier molecular flexibility index (Phi) is 2.47. The molecule has 0 aromatic heterocycles. The summed E-state index contributed by atoms with van der Waals surface area (Å²) in [5, 5.41) is 3.12. The fourth-order valence-corrected chi connectivity index (χ4v) is 1.34. The minimum absolute atomic E-state index is 0.0184. The van der Waals surface area contributed by atoms with Gasteiger partial charge in [-0.15, -0.1) is 0 Å². The van der Waals surface area contributed by atoms with E-state index in [0.29, 0.717) is 6.61 Å². The zero-order valence-corrected chi connectivity index (χ0v) is 7.49. The number of ether oxygens (including phenoxy) is 2. The highest BCUT2D eigenvalue weighted by Crippen LogP contribution is 2.22. The first-order chi connectivity index (χ1) is 6.40. The third-order valence-corrected chi connectivity index (χ3v) is 2.01. The van der Waals surface area contributed by atoms with E-state index in [9.17, 15) is 0 Å². The lowest BCUT2D eigenvalue weighted by atomic mass is 10.2. The van der Waals surface area contributed by atoms with Crippen LogP contribution in [0.5, 0.6) is 5.75 Å². The maximum atomic E-state index is 5.42. The van der Waals surface area contributed by atoms with Crippen LogP contribution in [0.25, 0.3) is 0 Å². The van der Waals surface area contributed by atoms with Crippen molar-refractivity contribution >= 4 is 0 Å². The Hall–Kier alpha value is -1.06. The maximum absolute atomic E-state index is 5.42. The molecular formula is C10H12NO2.